The molecule has 0 aromatic rings. The Morgan fingerprint density at radius 3 is 2.24 bits per heavy atom. The molecule has 1 N–H and O–H groups in total. The van der Waals surface area contributed by atoms with Gasteiger partial charge in [-0.3, -0.25) is 4.79 Å². The summed E-state index contributed by atoms with van der Waals surface area (Å²) in [4.78, 5) is 11.2. The minimum atomic E-state index is -4.26. The van der Waals surface area contributed by atoms with Gasteiger partial charge in [0.1, 0.15) is 0 Å². The molecule has 2 nitrogen and oxygen atoms in total. The lowest BCUT2D eigenvalue weighted by Gasteiger charge is -2.36. The second-order valence-electron chi connectivity index (χ2n) is 5.05. The molecule has 1 aliphatic rings. The van der Waals surface area contributed by atoms with Crippen molar-refractivity contribution in [3.8, 4) is 0 Å². The van der Waals surface area contributed by atoms with Crippen LogP contribution in [0.25, 0.3) is 0 Å². The van der Waals surface area contributed by atoms with E-state index in [1.54, 1.807) is 0 Å². The summed E-state index contributed by atoms with van der Waals surface area (Å²) in [6, 6.07) is 0. The predicted octanol–water partition coefficient (Wildman–Crippen LogP) is 4.00. The second-order valence-corrected chi connectivity index (χ2v) is 5.05. The van der Waals surface area contributed by atoms with Crippen molar-refractivity contribution < 1.29 is 23.1 Å². The van der Waals surface area contributed by atoms with Crippen LogP contribution in [-0.4, -0.2) is 17.3 Å². The zero-order valence-corrected chi connectivity index (χ0v) is 10.0. The van der Waals surface area contributed by atoms with Gasteiger partial charge in [0.2, 0.25) is 0 Å². The van der Waals surface area contributed by atoms with E-state index in [0.717, 1.165) is 19.3 Å². The normalized spacial score (nSPS) is 30.2. The molecule has 0 heterocycles. The number of carboxylic acid groups (broad SMARTS) is 1. The van der Waals surface area contributed by atoms with Gasteiger partial charge in [-0.1, -0.05) is 13.3 Å². The highest BCUT2D eigenvalue weighted by Gasteiger charge is 2.44. The van der Waals surface area contributed by atoms with Crippen LogP contribution in [0, 0.1) is 11.3 Å². The standard InChI is InChI=1S/C12H19F3O2/c1-2-9-3-5-11(6-4-9,10(16)17)7-8-12(13,14)15/h9H,2-8H2,1H3,(H,16,17). The van der Waals surface area contributed by atoms with Crippen LogP contribution in [0.15, 0.2) is 0 Å². The van der Waals surface area contributed by atoms with Crippen molar-refractivity contribution in [3.63, 3.8) is 0 Å². The minimum absolute atomic E-state index is 0.276. The summed E-state index contributed by atoms with van der Waals surface area (Å²) in [6.45, 7) is 2.04. The molecule has 0 aliphatic heterocycles. The van der Waals surface area contributed by atoms with Crippen LogP contribution >= 0.6 is 0 Å². The first-order valence-corrected chi connectivity index (χ1v) is 6.09. The van der Waals surface area contributed by atoms with Gasteiger partial charge in [-0.2, -0.15) is 13.2 Å². The second kappa shape index (κ2) is 5.27. The highest BCUT2D eigenvalue weighted by Crippen LogP contribution is 2.45. The largest absolute Gasteiger partial charge is 0.481 e. The SMILES string of the molecule is CCC1CCC(CCC(F)(F)F)(C(=O)O)CC1. The van der Waals surface area contributed by atoms with E-state index >= 15 is 0 Å². The topological polar surface area (TPSA) is 37.3 Å². The molecule has 17 heavy (non-hydrogen) atoms. The average molecular weight is 252 g/mol. The summed E-state index contributed by atoms with van der Waals surface area (Å²) >= 11 is 0. The highest BCUT2D eigenvalue weighted by molar-refractivity contribution is 5.74. The van der Waals surface area contributed by atoms with Gasteiger partial charge in [0.25, 0.3) is 0 Å². The summed E-state index contributed by atoms with van der Waals surface area (Å²) in [5.74, 6) is -0.579. The van der Waals surface area contributed by atoms with Crippen LogP contribution in [0.1, 0.15) is 51.9 Å². The molecule has 0 aromatic carbocycles. The number of alkyl halides is 3. The van der Waals surface area contributed by atoms with Crippen molar-refractivity contribution in [3.05, 3.63) is 0 Å². The van der Waals surface area contributed by atoms with Crippen molar-refractivity contribution in [1.82, 2.24) is 0 Å². The van der Waals surface area contributed by atoms with Crippen molar-refractivity contribution in [2.24, 2.45) is 11.3 Å². The van der Waals surface area contributed by atoms with E-state index < -0.39 is 24.0 Å². The van der Waals surface area contributed by atoms with Gasteiger partial charge in [0.05, 0.1) is 5.41 Å². The van der Waals surface area contributed by atoms with E-state index in [0.29, 0.717) is 18.8 Å². The van der Waals surface area contributed by atoms with E-state index in [-0.39, 0.29) is 6.42 Å². The first kappa shape index (κ1) is 14.3. The van der Waals surface area contributed by atoms with Crippen LogP contribution in [-0.2, 0) is 4.79 Å². The molecule has 0 unspecified atom stereocenters. The fraction of sp³-hybridized carbons (Fsp3) is 0.917. The third-order valence-corrected chi connectivity index (χ3v) is 3.98. The van der Waals surface area contributed by atoms with Gasteiger partial charge in [0.15, 0.2) is 0 Å². The van der Waals surface area contributed by atoms with Gasteiger partial charge in [-0.15, -0.1) is 0 Å². The molecule has 1 saturated carbocycles. The molecule has 5 heteroatoms. The molecule has 0 saturated heterocycles. The third kappa shape index (κ3) is 3.89. The van der Waals surface area contributed by atoms with Gasteiger partial charge in [-0.25, -0.2) is 0 Å². The van der Waals surface area contributed by atoms with E-state index in [9.17, 15) is 23.1 Å². The first-order chi connectivity index (χ1) is 7.79. The van der Waals surface area contributed by atoms with E-state index in [1.807, 2.05) is 6.92 Å². The Morgan fingerprint density at radius 2 is 1.88 bits per heavy atom. The zero-order valence-electron chi connectivity index (χ0n) is 10.0. The third-order valence-electron chi connectivity index (χ3n) is 3.98. The van der Waals surface area contributed by atoms with E-state index in [4.69, 9.17) is 0 Å². The molecule has 0 spiro atoms. The fourth-order valence-electron chi connectivity index (χ4n) is 2.59. The molecule has 100 valence electrons. The molecule has 1 aliphatic carbocycles. The summed E-state index contributed by atoms with van der Waals surface area (Å²) in [5.41, 5.74) is -1.14. The minimum Gasteiger partial charge on any atom is -0.481 e. The predicted molar refractivity (Wildman–Crippen MR) is 57.6 cm³/mol. The molecule has 0 aromatic heterocycles. The maximum Gasteiger partial charge on any atom is 0.389 e. The smallest absolute Gasteiger partial charge is 0.389 e. The van der Waals surface area contributed by atoms with Crippen LogP contribution < -0.4 is 0 Å². The Hall–Kier alpha value is -0.740. The van der Waals surface area contributed by atoms with Gasteiger partial charge < -0.3 is 5.11 Å². The summed E-state index contributed by atoms with van der Waals surface area (Å²) < 4.78 is 36.6. The Labute approximate surface area is 99.2 Å². The molecule has 1 rings (SSSR count). The van der Waals surface area contributed by atoms with Crippen molar-refractivity contribution in [2.75, 3.05) is 0 Å². The lowest BCUT2D eigenvalue weighted by molar-refractivity contribution is -0.161. The Morgan fingerprint density at radius 1 is 1.35 bits per heavy atom. The zero-order chi connectivity index (χ0) is 13.1. The van der Waals surface area contributed by atoms with Gasteiger partial charge >= 0.3 is 12.1 Å². The molecule has 0 amide bonds. The quantitative estimate of drug-likeness (QED) is 0.821. The number of rotatable bonds is 4. The molecule has 0 bridgehead atoms. The highest BCUT2D eigenvalue weighted by atomic mass is 19.4. The summed E-state index contributed by atoms with van der Waals surface area (Å²) in [6.07, 6.45) is -2.30. The number of aliphatic carboxylic acids is 1. The Balaban J connectivity index is 2.62. The number of hydrogen-bond donors (Lipinski definition) is 1. The van der Waals surface area contributed by atoms with Crippen LogP contribution in [0.5, 0.6) is 0 Å². The molecule has 0 atom stereocenters. The molecular weight excluding hydrogens is 233 g/mol. The summed E-state index contributed by atoms with van der Waals surface area (Å²) in [5, 5.41) is 9.18. The van der Waals surface area contributed by atoms with E-state index in [1.165, 1.54) is 0 Å². The van der Waals surface area contributed by atoms with Crippen LogP contribution in [0.4, 0.5) is 13.2 Å². The Kier molecular flexibility index (Phi) is 4.44. The summed E-state index contributed by atoms with van der Waals surface area (Å²) in [7, 11) is 0. The van der Waals surface area contributed by atoms with Gasteiger partial charge in [0, 0.05) is 6.42 Å². The van der Waals surface area contributed by atoms with Crippen LogP contribution in [0.2, 0.25) is 0 Å². The van der Waals surface area contributed by atoms with Gasteiger partial charge in [-0.05, 0) is 38.0 Å². The van der Waals surface area contributed by atoms with Crippen molar-refractivity contribution in [2.45, 2.75) is 58.0 Å². The monoisotopic (exact) mass is 252 g/mol. The lowest BCUT2D eigenvalue weighted by atomic mass is 9.67. The fourth-order valence-corrected chi connectivity index (χ4v) is 2.59. The first-order valence-electron chi connectivity index (χ1n) is 6.09. The number of hydrogen-bond acceptors (Lipinski definition) is 1. The maximum atomic E-state index is 12.2. The number of halogens is 3. The molecule has 0 radical (unpaired) electrons. The Bertz CT molecular complexity index is 265. The average Bonchev–Trinajstić information content (AvgIpc) is 2.26. The van der Waals surface area contributed by atoms with Crippen molar-refractivity contribution in [1.29, 1.82) is 0 Å². The number of carbonyl (C=O) groups is 1. The molecular formula is C12H19F3O2. The molecule has 1 fully saturated rings. The van der Waals surface area contributed by atoms with E-state index in [2.05, 4.69) is 0 Å². The van der Waals surface area contributed by atoms with Crippen molar-refractivity contribution >= 4 is 5.97 Å². The number of carboxylic acids is 1. The maximum absolute atomic E-state index is 12.2. The van der Waals surface area contributed by atoms with Crippen LogP contribution in [0.3, 0.4) is 0 Å². The lowest BCUT2D eigenvalue weighted by Crippen LogP contribution is -2.36.